The van der Waals surface area contributed by atoms with Crippen LogP contribution >= 0.6 is 11.8 Å². The number of hydrogen-bond acceptors (Lipinski definition) is 4. The first-order valence-corrected chi connectivity index (χ1v) is 4.83. The van der Waals surface area contributed by atoms with E-state index in [4.69, 9.17) is 0 Å². The Morgan fingerprint density at radius 1 is 1.38 bits per heavy atom. The van der Waals surface area contributed by atoms with Crippen molar-refractivity contribution in [2.24, 2.45) is 5.73 Å². The summed E-state index contributed by atoms with van der Waals surface area (Å²) in [7, 11) is 1.50. The lowest BCUT2D eigenvalue weighted by Crippen LogP contribution is -1.88. The van der Waals surface area contributed by atoms with E-state index >= 15 is 0 Å². The number of nitro groups is 1. The molecular formula is C8H12N2O2S. The summed E-state index contributed by atoms with van der Waals surface area (Å²) in [6.07, 6.45) is 1.82. The fraction of sp³-hybridized carbons (Fsp3) is 0.250. The standard InChI is InChI=1S/C7H7NO2S.CH5N/c1-11-7-5-3-2-4-6(7)8(9)10;1-2/h2-5H,1H3;2H2,1H3. The van der Waals surface area contributed by atoms with Crippen molar-refractivity contribution in [1.82, 2.24) is 0 Å². The van der Waals surface area contributed by atoms with Gasteiger partial charge in [0.05, 0.1) is 9.82 Å². The molecule has 0 aromatic heterocycles. The first kappa shape index (κ1) is 11.9. The molecule has 0 radical (unpaired) electrons. The first-order chi connectivity index (χ1) is 6.25. The smallest absolute Gasteiger partial charge is 0.282 e. The number of para-hydroxylation sites is 1. The molecular weight excluding hydrogens is 188 g/mol. The molecule has 0 bridgehead atoms. The third-order valence-electron chi connectivity index (χ3n) is 1.28. The van der Waals surface area contributed by atoms with Gasteiger partial charge in [-0.1, -0.05) is 12.1 Å². The van der Waals surface area contributed by atoms with Crippen molar-refractivity contribution in [3.8, 4) is 0 Å². The molecule has 0 unspecified atom stereocenters. The Balaban J connectivity index is 0.000000671. The summed E-state index contributed by atoms with van der Waals surface area (Å²) in [4.78, 5) is 10.7. The normalized spacial score (nSPS) is 8.54. The molecule has 5 heteroatoms. The van der Waals surface area contributed by atoms with Crippen molar-refractivity contribution in [3.05, 3.63) is 34.4 Å². The molecule has 0 aliphatic rings. The fourth-order valence-corrected chi connectivity index (χ4v) is 1.35. The van der Waals surface area contributed by atoms with Crippen molar-refractivity contribution in [1.29, 1.82) is 0 Å². The van der Waals surface area contributed by atoms with Gasteiger partial charge in [0.2, 0.25) is 0 Å². The monoisotopic (exact) mass is 200 g/mol. The van der Waals surface area contributed by atoms with Crippen LogP contribution < -0.4 is 5.73 Å². The van der Waals surface area contributed by atoms with Crippen molar-refractivity contribution < 1.29 is 4.92 Å². The Labute approximate surface area is 81.3 Å². The molecule has 72 valence electrons. The third-order valence-corrected chi connectivity index (χ3v) is 2.07. The van der Waals surface area contributed by atoms with Crippen molar-refractivity contribution in [3.63, 3.8) is 0 Å². The molecule has 0 saturated heterocycles. The maximum absolute atomic E-state index is 10.4. The molecule has 4 nitrogen and oxygen atoms in total. The molecule has 0 fully saturated rings. The SMILES string of the molecule is CN.CSc1ccccc1[N+](=O)[O-]. The van der Waals surface area contributed by atoms with Crippen LogP contribution in [-0.4, -0.2) is 18.2 Å². The quantitative estimate of drug-likeness (QED) is 0.449. The zero-order valence-electron chi connectivity index (χ0n) is 7.56. The maximum atomic E-state index is 10.4. The largest absolute Gasteiger partial charge is 0.333 e. The second-order valence-corrected chi connectivity index (χ2v) is 2.78. The average molecular weight is 200 g/mol. The molecule has 0 amide bonds. The van der Waals surface area contributed by atoms with Gasteiger partial charge in [0.15, 0.2) is 0 Å². The molecule has 13 heavy (non-hydrogen) atoms. The zero-order valence-corrected chi connectivity index (χ0v) is 8.38. The number of nitrogens with zero attached hydrogens (tertiary/aromatic N) is 1. The van der Waals surface area contributed by atoms with Gasteiger partial charge in [0.25, 0.3) is 5.69 Å². The van der Waals surface area contributed by atoms with Gasteiger partial charge in [-0.15, -0.1) is 11.8 Å². The molecule has 1 aromatic rings. The van der Waals surface area contributed by atoms with E-state index in [2.05, 4.69) is 5.73 Å². The summed E-state index contributed by atoms with van der Waals surface area (Å²) in [6, 6.07) is 6.70. The van der Waals surface area contributed by atoms with Crippen molar-refractivity contribution >= 4 is 17.4 Å². The summed E-state index contributed by atoms with van der Waals surface area (Å²) in [5.41, 5.74) is 4.68. The van der Waals surface area contributed by atoms with Gasteiger partial charge in [-0.25, -0.2) is 0 Å². The number of hydrogen-bond donors (Lipinski definition) is 1. The number of benzene rings is 1. The lowest BCUT2D eigenvalue weighted by molar-refractivity contribution is -0.387. The van der Waals surface area contributed by atoms with Crippen LogP contribution in [0.3, 0.4) is 0 Å². The average Bonchev–Trinajstić information content (AvgIpc) is 2.20. The van der Waals surface area contributed by atoms with E-state index in [1.165, 1.54) is 24.9 Å². The van der Waals surface area contributed by atoms with Gasteiger partial charge in [-0.3, -0.25) is 10.1 Å². The van der Waals surface area contributed by atoms with E-state index in [0.717, 1.165) is 0 Å². The Morgan fingerprint density at radius 3 is 2.31 bits per heavy atom. The second-order valence-electron chi connectivity index (χ2n) is 1.93. The Bertz CT molecular complexity index is 279. The van der Waals surface area contributed by atoms with E-state index in [9.17, 15) is 10.1 Å². The van der Waals surface area contributed by atoms with Gasteiger partial charge >= 0.3 is 0 Å². The molecule has 1 rings (SSSR count). The highest BCUT2D eigenvalue weighted by atomic mass is 32.2. The highest BCUT2D eigenvalue weighted by Gasteiger charge is 2.09. The van der Waals surface area contributed by atoms with Crippen LogP contribution in [0.1, 0.15) is 0 Å². The first-order valence-electron chi connectivity index (χ1n) is 3.61. The minimum Gasteiger partial charge on any atom is -0.333 e. The highest BCUT2D eigenvalue weighted by molar-refractivity contribution is 7.98. The summed E-state index contributed by atoms with van der Waals surface area (Å²) < 4.78 is 0. The van der Waals surface area contributed by atoms with Crippen molar-refractivity contribution in [2.45, 2.75) is 4.90 Å². The lowest BCUT2D eigenvalue weighted by Gasteiger charge is -1.95. The molecule has 0 atom stereocenters. The molecule has 0 spiro atoms. The van der Waals surface area contributed by atoms with Crippen LogP contribution in [0, 0.1) is 10.1 Å². The van der Waals surface area contributed by atoms with Crippen LogP contribution in [-0.2, 0) is 0 Å². The minimum atomic E-state index is -0.369. The van der Waals surface area contributed by atoms with Crippen molar-refractivity contribution in [2.75, 3.05) is 13.3 Å². The van der Waals surface area contributed by atoms with Crippen LogP contribution in [0.4, 0.5) is 5.69 Å². The highest BCUT2D eigenvalue weighted by Crippen LogP contribution is 2.25. The number of rotatable bonds is 2. The summed E-state index contributed by atoms with van der Waals surface area (Å²) >= 11 is 1.38. The van der Waals surface area contributed by atoms with E-state index in [-0.39, 0.29) is 10.6 Å². The van der Waals surface area contributed by atoms with E-state index in [1.54, 1.807) is 18.2 Å². The predicted octanol–water partition coefficient (Wildman–Crippen LogP) is 1.89. The fourth-order valence-electron chi connectivity index (χ4n) is 0.781. The van der Waals surface area contributed by atoms with E-state index < -0.39 is 0 Å². The van der Waals surface area contributed by atoms with Crippen LogP contribution in [0.5, 0.6) is 0 Å². The molecule has 0 saturated carbocycles. The Hall–Kier alpha value is -1.07. The summed E-state index contributed by atoms with van der Waals surface area (Å²) in [5.74, 6) is 0. The number of nitro benzene ring substituents is 1. The molecule has 1 aromatic carbocycles. The topological polar surface area (TPSA) is 69.2 Å². The Kier molecular flexibility index (Phi) is 5.92. The van der Waals surface area contributed by atoms with Gasteiger partial charge in [-0.2, -0.15) is 0 Å². The molecule has 2 N–H and O–H groups in total. The van der Waals surface area contributed by atoms with Gasteiger partial charge in [0, 0.05) is 6.07 Å². The zero-order chi connectivity index (χ0) is 10.3. The number of thioether (sulfide) groups is 1. The van der Waals surface area contributed by atoms with Crippen LogP contribution in [0.25, 0.3) is 0 Å². The van der Waals surface area contributed by atoms with Crippen LogP contribution in [0.2, 0.25) is 0 Å². The predicted molar refractivity (Wildman–Crippen MR) is 55.0 cm³/mol. The van der Waals surface area contributed by atoms with E-state index in [0.29, 0.717) is 4.90 Å². The number of nitrogens with two attached hydrogens (primary N) is 1. The van der Waals surface area contributed by atoms with Gasteiger partial charge < -0.3 is 5.73 Å². The second kappa shape index (κ2) is 6.45. The van der Waals surface area contributed by atoms with Crippen LogP contribution in [0.15, 0.2) is 29.2 Å². The lowest BCUT2D eigenvalue weighted by atomic mass is 10.3. The Morgan fingerprint density at radius 2 is 1.92 bits per heavy atom. The van der Waals surface area contributed by atoms with E-state index in [1.807, 2.05) is 6.26 Å². The summed E-state index contributed by atoms with van der Waals surface area (Å²) in [6.45, 7) is 0. The third kappa shape index (κ3) is 3.43. The molecule has 0 aliphatic carbocycles. The molecule has 0 heterocycles. The van der Waals surface area contributed by atoms with Gasteiger partial charge in [-0.05, 0) is 19.4 Å². The maximum Gasteiger partial charge on any atom is 0.282 e. The molecule has 0 aliphatic heterocycles. The summed E-state index contributed by atoms with van der Waals surface area (Å²) in [5, 5.41) is 10.4. The minimum absolute atomic E-state index is 0.181. The van der Waals surface area contributed by atoms with Gasteiger partial charge in [0.1, 0.15) is 0 Å².